The molecular weight excluding hydrogens is 170 g/mol. The molecule has 4 heteroatoms. The fourth-order valence-corrected chi connectivity index (χ4v) is 2.45. The highest BCUT2D eigenvalue weighted by atomic mass is 16.5. The van der Waals surface area contributed by atoms with E-state index >= 15 is 0 Å². The molecule has 0 N–H and O–H groups in total. The molecule has 4 nitrogen and oxygen atoms in total. The van der Waals surface area contributed by atoms with Crippen LogP contribution in [0.4, 0.5) is 0 Å². The fraction of sp³-hybridized carbons (Fsp3) is 0.778. The summed E-state index contributed by atoms with van der Waals surface area (Å²) in [6.07, 6.45) is 2.05. The Balaban J connectivity index is 2.35. The van der Waals surface area contributed by atoms with Gasteiger partial charge in [0.2, 0.25) is 0 Å². The van der Waals surface area contributed by atoms with Gasteiger partial charge in [-0.05, 0) is 19.4 Å². The summed E-state index contributed by atoms with van der Waals surface area (Å²) in [6.45, 7) is 1.56. The lowest BCUT2D eigenvalue weighted by molar-refractivity contribution is -0.155. The van der Waals surface area contributed by atoms with Crippen LogP contribution in [-0.4, -0.2) is 42.4 Å². The maximum Gasteiger partial charge on any atom is 0.334 e. The average Bonchev–Trinajstić information content (AvgIpc) is 2.67. The van der Waals surface area contributed by atoms with Crippen molar-refractivity contribution in [1.82, 2.24) is 4.90 Å². The maximum atomic E-state index is 11.6. The quantitative estimate of drug-likeness (QED) is 0.423. The molecule has 2 aliphatic rings. The zero-order chi connectivity index (χ0) is 9.47. The molecule has 0 bridgehead atoms. The first-order valence-electron chi connectivity index (χ1n) is 4.58. The van der Waals surface area contributed by atoms with E-state index in [1.54, 1.807) is 0 Å². The predicted octanol–water partition coefficient (Wildman–Crippen LogP) is -0.0332. The van der Waals surface area contributed by atoms with Crippen molar-refractivity contribution in [3.8, 4) is 0 Å². The third kappa shape index (κ3) is 0.950. The normalized spacial score (nSPS) is 33.5. The number of ether oxygens (including phenoxy) is 1. The minimum Gasteiger partial charge on any atom is -0.467 e. The molecule has 13 heavy (non-hydrogen) atoms. The standard InChI is InChI=1S/C9H13NO3/c1-13-8(12)9-4-2-5-10(9)6-3-7(9)11/h2-6H2,1H3. The van der Waals surface area contributed by atoms with Crippen LogP contribution in [0.15, 0.2) is 0 Å². The average molecular weight is 183 g/mol. The van der Waals surface area contributed by atoms with E-state index in [2.05, 4.69) is 0 Å². The summed E-state index contributed by atoms with van der Waals surface area (Å²) in [6, 6.07) is 0. The van der Waals surface area contributed by atoms with Gasteiger partial charge < -0.3 is 4.74 Å². The number of carbonyl (C=O) groups is 2. The van der Waals surface area contributed by atoms with Crippen LogP contribution in [0, 0.1) is 0 Å². The topological polar surface area (TPSA) is 46.6 Å². The van der Waals surface area contributed by atoms with Crippen molar-refractivity contribution in [2.75, 3.05) is 20.2 Å². The van der Waals surface area contributed by atoms with Crippen molar-refractivity contribution in [1.29, 1.82) is 0 Å². The Labute approximate surface area is 76.8 Å². The van der Waals surface area contributed by atoms with E-state index in [4.69, 9.17) is 4.74 Å². The monoisotopic (exact) mass is 183 g/mol. The molecule has 0 aromatic heterocycles. The van der Waals surface area contributed by atoms with E-state index in [-0.39, 0.29) is 11.8 Å². The van der Waals surface area contributed by atoms with E-state index < -0.39 is 5.54 Å². The smallest absolute Gasteiger partial charge is 0.334 e. The lowest BCUT2D eigenvalue weighted by Gasteiger charge is -2.26. The number of methoxy groups -OCH3 is 1. The Morgan fingerprint density at radius 1 is 1.54 bits per heavy atom. The highest BCUT2D eigenvalue weighted by Crippen LogP contribution is 2.36. The van der Waals surface area contributed by atoms with E-state index in [1.165, 1.54) is 7.11 Å². The molecule has 1 unspecified atom stereocenters. The SMILES string of the molecule is COC(=O)C12CCCN1CCC2=O. The molecule has 2 aliphatic heterocycles. The first-order chi connectivity index (χ1) is 6.21. The Morgan fingerprint density at radius 2 is 2.31 bits per heavy atom. The molecule has 0 radical (unpaired) electrons. The number of hydrogen-bond donors (Lipinski definition) is 0. The number of carbonyl (C=O) groups excluding carboxylic acids is 2. The second-order valence-electron chi connectivity index (χ2n) is 3.62. The van der Waals surface area contributed by atoms with Gasteiger partial charge in [-0.25, -0.2) is 4.79 Å². The van der Waals surface area contributed by atoms with Crippen LogP contribution in [-0.2, 0) is 14.3 Å². The van der Waals surface area contributed by atoms with Gasteiger partial charge in [0, 0.05) is 13.0 Å². The molecule has 2 saturated heterocycles. The summed E-state index contributed by atoms with van der Waals surface area (Å²) in [5, 5.41) is 0. The summed E-state index contributed by atoms with van der Waals surface area (Å²) < 4.78 is 4.71. The largest absolute Gasteiger partial charge is 0.467 e. The lowest BCUT2D eigenvalue weighted by Crippen LogP contribution is -2.51. The highest BCUT2D eigenvalue weighted by molar-refractivity contribution is 6.10. The van der Waals surface area contributed by atoms with Gasteiger partial charge in [0.1, 0.15) is 0 Å². The van der Waals surface area contributed by atoms with Crippen LogP contribution in [0.25, 0.3) is 0 Å². The van der Waals surface area contributed by atoms with Crippen molar-refractivity contribution >= 4 is 11.8 Å². The van der Waals surface area contributed by atoms with Crippen LogP contribution in [0.1, 0.15) is 19.3 Å². The van der Waals surface area contributed by atoms with Gasteiger partial charge in [0.15, 0.2) is 11.3 Å². The van der Waals surface area contributed by atoms with Gasteiger partial charge in [-0.2, -0.15) is 0 Å². The third-order valence-electron chi connectivity index (χ3n) is 3.10. The second-order valence-corrected chi connectivity index (χ2v) is 3.62. The molecule has 0 spiro atoms. The minimum atomic E-state index is -0.894. The van der Waals surface area contributed by atoms with E-state index in [9.17, 15) is 9.59 Å². The zero-order valence-electron chi connectivity index (χ0n) is 7.71. The van der Waals surface area contributed by atoms with Crippen molar-refractivity contribution in [2.45, 2.75) is 24.8 Å². The van der Waals surface area contributed by atoms with Crippen molar-refractivity contribution in [3.63, 3.8) is 0 Å². The number of rotatable bonds is 1. The van der Waals surface area contributed by atoms with Crippen LogP contribution in [0.3, 0.4) is 0 Å². The van der Waals surface area contributed by atoms with Crippen molar-refractivity contribution in [2.24, 2.45) is 0 Å². The van der Waals surface area contributed by atoms with Crippen molar-refractivity contribution < 1.29 is 14.3 Å². The molecule has 0 aliphatic carbocycles. The molecule has 2 rings (SSSR count). The molecule has 2 heterocycles. The number of Topliss-reactive ketones (excluding diaryl/α,β-unsaturated/α-hetero) is 1. The number of nitrogens with zero attached hydrogens (tertiary/aromatic N) is 1. The van der Waals surface area contributed by atoms with Gasteiger partial charge in [-0.1, -0.05) is 0 Å². The predicted molar refractivity (Wildman–Crippen MR) is 45.2 cm³/mol. The maximum absolute atomic E-state index is 11.6. The lowest BCUT2D eigenvalue weighted by atomic mass is 9.93. The van der Waals surface area contributed by atoms with Gasteiger partial charge in [0.05, 0.1) is 7.11 Å². The number of fused-ring (bicyclic) bond motifs is 1. The number of hydrogen-bond acceptors (Lipinski definition) is 4. The summed E-state index contributed by atoms with van der Waals surface area (Å²) in [5.41, 5.74) is -0.894. The summed E-state index contributed by atoms with van der Waals surface area (Å²) in [4.78, 5) is 25.1. The zero-order valence-corrected chi connectivity index (χ0v) is 7.71. The first-order valence-corrected chi connectivity index (χ1v) is 4.58. The first kappa shape index (κ1) is 8.69. The molecule has 72 valence electrons. The number of esters is 1. The Morgan fingerprint density at radius 3 is 3.00 bits per heavy atom. The van der Waals surface area contributed by atoms with Crippen LogP contribution in [0.5, 0.6) is 0 Å². The second kappa shape index (κ2) is 2.80. The Kier molecular flexibility index (Phi) is 1.87. The van der Waals surface area contributed by atoms with Crippen LogP contribution < -0.4 is 0 Å². The van der Waals surface area contributed by atoms with Gasteiger partial charge in [0.25, 0.3) is 0 Å². The Bertz CT molecular complexity index is 264. The molecule has 0 amide bonds. The van der Waals surface area contributed by atoms with Gasteiger partial charge >= 0.3 is 5.97 Å². The van der Waals surface area contributed by atoms with Gasteiger partial charge in [-0.3, -0.25) is 9.69 Å². The Hall–Kier alpha value is -0.900. The molecule has 1 atom stereocenters. The highest BCUT2D eigenvalue weighted by Gasteiger charge is 2.57. The van der Waals surface area contributed by atoms with Crippen LogP contribution in [0.2, 0.25) is 0 Å². The van der Waals surface area contributed by atoms with Crippen molar-refractivity contribution in [3.05, 3.63) is 0 Å². The number of ketones is 1. The molecule has 0 aromatic rings. The molecule has 2 fully saturated rings. The van der Waals surface area contributed by atoms with Gasteiger partial charge in [-0.15, -0.1) is 0 Å². The van der Waals surface area contributed by atoms with E-state index in [0.29, 0.717) is 19.4 Å². The molecule has 0 saturated carbocycles. The fourth-order valence-electron chi connectivity index (χ4n) is 2.45. The van der Waals surface area contributed by atoms with E-state index in [0.717, 1.165) is 13.0 Å². The van der Waals surface area contributed by atoms with E-state index in [1.807, 2.05) is 4.90 Å². The summed E-state index contributed by atoms with van der Waals surface area (Å²) >= 11 is 0. The minimum absolute atomic E-state index is 0.0388. The molecule has 0 aromatic carbocycles. The molecular formula is C9H13NO3. The summed E-state index contributed by atoms with van der Waals surface area (Å²) in [7, 11) is 1.35. The summed E-state index contributed by atoms with van der Waals surface area (Å²) in [5.74, 6) is -0.329. The van der Waals surface area contributed by atoms with Crippen LogP contribution >= 0.6 is 0 Å². The third-order valence-corrected chi connectivity index (χ3v) is 3.10.